The minimum absolute atomic E-state index is 0.146. The van der Waals surface area contributed by atoms with Crippen LogP contribution in [0.3, 0.4) is 0 Å². The second kappa shape index (κ2) is 9.20. The largest absolute Gasteiger partial charge is 0.494 e. The Bertz CT molecular complexity index is 1280. The first-order chi connectivity index (χ1) is 16.0. The highest BCUT2D eigenvalue weighted by Gasteiger charge is 2.27. The summed E-state index contributed by atoms with van der Waals surface area (Å²) in [7, 11) is 0. The van der Waals surface area contributed by atoms with Gasteiger partial charge in [0.2, 0.25) is 5.88 Å². The van der Waals surface area contributed by atoms with Gasteiger partial charge in [-0.05, 0) is 68.3 Å². The van der Waals surface area contributed by atoms with E-state index in [2.05, 4.69) is 0 Å². The molecule has 1 heterocycles. The molecule has 0 saturated heterocycles. The lowest BCUT2D eigenvalue weighted by Gasteiger charge is -2.13. The summed E-state index contributed by atoms with van der Waals surface area (Å²) in [6.07, 6.45) is 4.83. The van der Waals surface area contributed by atoms with E-state index in [1.807, 2.05) is 31.2 Å². The molecule has 168 valence electrons. The van der Waals surface area contributed by atoms with Crippen LogP contribution < -0.4 is 4.74 Å². The summed E-state index contributed by atoms with van der Waals surface area (Å²) >= 11 is 0. The summed E-state index contributed by atoms with van der Waals surface area (Å²) in [4.78, 5) is 25.7. The molecule has 6 nitrogen and oxygen atoms in total. The number of ketones is 1. The minimum Gasteiger partial charge on any atom is -0.494 e. The van der Waals surface area contributed by atoms with Crippen molar-refractivity contribution in [2.45, 2.75) is 20.8 Å². The highest BCUT2D eigenvalue weighted by molar-refractivity contribution is 6.33. The van der Waals surface area contributed by atoms with Crippen LogP contribution >= 0.6 is 0 Å². The summed E-state index contributed by atoms with van der Waals surface area (Å²) < 4.78 is 12.4. The molecule has 0 atom stereocenters. The Balaban J connectivity index is 1.92. The van der Waals surface area contributed by atoms with E-state index in [9.17, 15) is 14.7 Å². The normalized spacial score (nSPS) is 13.8. The second-order valence-electron chi connectivity index (χ2n) is 7.52. The number of rotatable bonds is 6. The van der Waals surface area contributed by atoms with Crippen molar-refractivity contribution in [1.82, 2.24) is 4.57 Å². The predicted molar refractivity (Wildman–Crippen MR) is 128 cm³/mol. The summed E-state index contributed by atoms with van der Waals surface area (Å²) in [5.74, 6) is -0.204. The Kier molecular flexibility index (Phi) is 6.18. The first-order valence-electron chi connectivity index (χ1n) is 10.8. The van der Waals surface area contributed by atoms with Crippen LogP contribution in [-0.2, 0) is 9.53 Å². The molecule has 0 spiro atoms. The van der Waals surface area contributed by atoms with Gasteiger partial charge < -0.3 is 14.6 Å². The zero-order chi connectivity index (χ0) is 23.5. The van der Waals surface area contributed by atoms with Crippen molar-refractivity contribution < 1.29 is 24.2 Å². The summed E-state index contributed by atoms with van der Waals surface area (Å²) in [6.45, 7) is 6.10. The van der Waals surface area contributed by atoms with Gasteiger partial charge in [-0.3, -0.25) is 9.36 Å². The molecular weight excluding hydrogens is 418 g/mol. The van der Waals surface area contributed by atoms with Crippen LogP contribution in [0.1, 0.15) is 46.6 Å². The number of fused-ring (bicyclic) bond motifs is 1. The zero-order valence-electron chi connectivity index (χ0n) is 18.8. The van der Waals surface area contributed by atoms with E-state index in [1.54, 1.807) is 54.8 Å². The summed E-state index contributed by atoms with van der Waals surface area (Å²) in [5, 5.41) is 11.2. The van der Waals surface area contributed by atoms with Crippen LogP contribution in [0.5, 0.6) is 11.6 Å². The van der Waals surface area contributed by atoms with Crippen molar-refractivity contribution in [1.29, 1.82) is 0 Å². The number of esters is 1. The number of nitrogens with zero attached hydrogens (tertiary/aromatic N) is 1. The molecule has 0 aliphatic heterocycles. The van der Waals surface area contributed by atoms with E-state index in [4.69, 9.17) is 9.47 Å². The van der Waals surface area contributed by atoms with Crippen LogP contribution in [0.2, 0.25) is 0 Å². The third kappa shape index (κ3) is 4.07. The van der Waals surface area contributed by atoms with Crippen molar-refractivity contribution in [2.24, 2.45) is 0 Å². The molecule has 1 aromatic heterocycles. The molecule has 0 bridgehead atoms. The van der Waals surface area contributed by atoms with Crippen LogP contribution in [0.25, 0.3) is 23.4 Å². The van der Waals surface area contributed by atoms with Gasteiger partial charge in [-0.25, -0.2) is 4.79 Å². The fraction of sp³-hybridized carbons (Fsp3) is 0.185. The molecule has 1 aliphatic carbocycles. The van der Waals surface area contributed by atoms with E-state index < -0.39 is 5.97 Å². The summed E-state index contributed by atoms with van der Waals surface area (Å²) in [5.41, 5.74) is 3.66. The van der Waals surface area contributed by atoms with Gasteiger partial charge in [-0.15, -0.1) is 0 Å². The lowest BCUT2D eigenvalue weighted by atomic mass is 9.90. The molecule has 0 unspecified atom stereocenters. The average Bonchev–Trinajstić information content (AvgIpc) is 3.06. The average molecular weight is 443 g/mol. The third-order valence-electron chi connectivity index (χ3n) is 5.52. The molecule has 3 aromatic rings. The molecule has 0 radical (unpaired) electrons. The van der Waals surface area contributed by atoms with Gasteiger partial charge in [0.05, 0.1) is 24.3 Å². The number of aromatic hydroxyl groups is 1. The van der Waals surface area contributed by atoms with E-state index in [0.717, 1.165) is 11.1 Å². The molecule has 0 saturated carbocycles. The van der Waals surface area contributed by atoms with Gasteiger partial charge in [0.1, 0.15) is 5.75 Å². The third-order valence-corrected chi connectivity index (χ3v) is 5.52. The van der Waals surface area contributed by atoms with Crippen molar-refractivity contribution in [2.75, 3.05) is 13.2 Å². The quantitative estimate of drug-likeness (QED) is 0.418. The Morgan fingerprint density at radius 2 is 1.76 bits per heavy atom. The van der Waals surface area contributed by atoms with E-state index in [-0.39, 0.29) is 29.4 Å². The lowest BCUT2D eigenvalue weighted by molar-refractivity contribution is -0.109. The number of benzene rings is 2. The Morgan fingerprint density at radius 1 is 1.03 bits per heavy atom. The van der Waals surface area contributed by atoms with Gasteiger partial charge in [-0.1, -0.05) is 30.3 Å². The molecule has 4 rings (SSSR count). The standard InChI is InChI=1S/C27H25NO5/c1-4-32-20-13-11-19(12-14-20)28-17(3)25(27(31)33-5-2)23(26(28)30)16-22-21-9-7-6-8-18(21)10-15-24(22)29/h6-16,30H,4-5H2,1-3H3. The molecule has 2 aromatic carbocycles. The van der Waals surface area contributed by atoms with Crippen LogP contribution in [0.4, 0.5) is 0 Å². The molecular formula is C27H25NO5. The number of hydrogen-bond donors (Lipinski definition) is 1. The number of carbonyl (C=O) groups is 2. The van der Waals surface area contributed by atoms with E-state index >= 15 is 0 Å². The number of allylic oxidation sites excluding steroid dienone is 2. The molecule has 1 N–H and O–H groups in total. The predicted octanol–water partition coefficient (Wildman–Crippen LogP) is 5.20. The van der Waals surface area contributed by atoms with Crippen LogP contribution in [0, 0.1) is 6.92 Å². The summed E-state index contributed by atoms with van der Waals surface area (Å²) in [6, 6.07) is 14.7. The molecule has 33 heavy (non-hydrogen) atoms. The minimum atomic E-state index is -0.561. The van der Waals surface area contributed by atoms with Crippen LogP contribution in [-0.4, -0.2) is 34.6 Å². The second-order valence-corrected chi connectivity index (χ2v) is 7.52. The zero-order valence-corrected chi connectivity index (χ0v) is 18.8. The van der Waals surface area contributed by atoms with Crippen molar-refractivity contribution in [3.8, 4) is 17.3 Å². The maximum atomic E-state index is 12.9. The van der Waals surface area contributed by atoms with Crippen molar-refractivity contribution in [3.05, 3.63) is 82.6 Å². The van der Waals surface area contributed by atoms with Crippen molar-refractivity contribution in [3.63, 3.8) is 0 Å². The lowest BCUT2D eigenvalue weighted by Crippen LogP contribution is -2.09. The number of ether oxygens (including phenoxy) is 2. The SMILES string of the molecule is CCOC(=O)c1c(C=C2C(=O)C=Cc3ccccc32)c(O)n(-c2ccc(OCC)cc2)c1C. The fourth-order valence-corrected chi connectivity index (χ4v) is 4.04. The first kappa shape index (κ1) is 22.1. The molecule has 1 aliphatic rings. The van der Waals surface area contributed by atoms with E-state index in [0.29, 0.717) is 29.3 Å². The van der Waals surface area contributed by atoms with Gasteiger partial charge in [0.25, 0.3) is 0 Å². The highest BCUT2D eigenvalue weighted by Crippen LogP contribution is 2.37. The van der Waals surface area contributed by atoms with Gasteiger partial charge in [0.15, 0.2) is 5.78 Å². The highest BCUT2D eigenvalue weighted by atomic mass is 16.5. The first-order valence-corrected chi connectivity index (χ1v) is 10.8. The maximum Gasteiger partial charge on any atom is 0.340 e. The smallest absolute Gasteiger partial charge is 0.340 e. The Morgan fingerprint density at radius 3 is 2.45 bits per heavy atom. The monoisotopic (exact) mass is 443 g/mol. The van der Waals surface area contributed by atoms with Gasteiger partial charge in [0, 0.05) is 17.0 Å². The van der Waals surface area contributed by atoms with E-state index in [1.165, 1.54) is 6.08 Å². The van der Waals surface area contributed by atoms with Crippen LogP contribution in [0.15, 0.2) is 54.6 Å². The number of aromatic nitrogens is 1. The maximum absolute atomic E-state index is 12.9. The molecule has 0 fully saturated rings. The topological polar surface area (TPSA) is 77.8 Å². The fourth-order valence-electron chi connectivity index (χ4n) is 4.04. The number of carbonyl (C=O) groups excluding carboxylic acids is 2. The van der Waals surface area contributed by atoms with Gasteiger partial charge >= 0.3 is 5.97 Å². The number of hydrogen-bond acceptors (Lipinski definition) is 5. The Hall–Kier alpha value is -4.06. The molecule has 6 heteroatoms. The van der Waals surface area contributed by atoms with Crippen molar-refractivity contribution >= 4 is 29.5 Å². The van der Waals surface area contributed by atoms with Gasteiger partial charge in [-0.2, -0.15) is 0 Å². The Labute approximate surface area is 192 Å². The molecule has 0 amide bonds.